The first-order chi connectivity index (χ1) is 13.0. The fourth-order valence-electron chi connectivity index (χ4n) is 2.82. The van der Waals surface area contributed by atoms with Crippen LogP contribution in [0.5, 0.6) is 0 Å². The van der Waals surface area contributed by atoms with Crippen LogP contribution in [0.4, 0.5) is 5.69 Å². The van der Waals surface area contributed by atoms with Crippen molar-refractivity contribution in [2.75, 3.05) is 12.4 Å². The van der Waals surface area contributed by atoms with Crippen LogP contribution in [0.25, 0.3) is 0 Å². The minimum absolute atomic E-state index is 0.0888. The van der Waals surface area contributed by atoms with E-state index in [1.807, 2.05) is 61.5 Å². The molecule has 0 spiro atoms. The van der Waals surface area contributed by atoms with Gasteiger partial charge >= 0.3 is 0 Å². The summed E-state index contributed by atoms with van der Waals surface area (Å²) in [5, 5.41) is 2.90. The number of carbonyl (C=O) groups excluding carboxylic acids is 2. The molecule has 0 radical (unpaired) electrons. The molecule has 0 atom stereocenters. The van der Waals surface area contributed by atoms with E-state index in [2.05, 4.69) is 5.32 Å². The van der Waals surface area contributed by atoms with Gasteiger partial charge < -0.3 is 10.2 Å². The summed E-state index contributed by atoms with van der Waals surface area (Å²) in [7, 11) is 1.78. The van der Waals surface area contributed by atoms with Crippen molar-refractivity contribution in [3.63, 3.8) is 0 Å². The smallest absolute Gasteiger partial charge is 0.255 e. The molecule has 136 valence electrons. The molecule has 0 saturated heterocycles. The highest BCUT2D eigenvalue weighted by Gasteiger charge is 2.15. The molecule has 0 fully saturated rings. The number of hydrogen-bond acceptors (Lipinski definition) is 2. The van der Waals surface area contributed by atoms with Crippen molar-refractivity contribution in [1.29, 1.82) is 0 Å². The first-order valence-corrected chi connectivity index (χ1v) is 8.81. The first-order valence-electron chi connectivity index (χ1n) is 8.81. The number of amides is 2. The van der Waals surface area contributed by atoms with Crippen molar-refractivity contribution in [3.05, 3.63) is 101 Å². The normalized spacial score (nSPS) is 10.3. The third-order valence-corrected chi connectivity index (χ3v) is 4.38. The van der Waals surface area contributed by atoms with E-state index < -0.39 is 0 Å². The highest BCUT2D eigenvalue weighted by molar-refractivity contribution is 6.05. The third-order valence-electron chi connectivity index (χ3n) is 4.38. The van der Waals surface area contributed by atoms with E-state index in [4.69, 9.17) is 0 Å². The Labute approximate surface area is 159 Å². The van der Waals surface area contributed by atoms with Crippen LogP contribution in [-0.2, 0) is 6.54 Å². The molecule has 3 aromatic carbocycles. The number of carbonyl (C=O) groups is 2. The number of rotatable bonds is 5. The monoisotopic (exact) mass is 358 g/mol. The van der Waals surface area contributed by atoms with Crippen molar-refractivity contribution < 1.29 is 9.59 Å². The van der Waals surface area contributed by atoms with Crippen molar-refractivity contribution in [2.45, 2.75) is 13.5 Å². The molecule has 0 heterocycles. The van der Waals surface area contributed by atoms with Crippen LogP contribution in [0.2, 0.25) is 0 Å². The van der Waals surface area contributed by atoms with Gasteiger partial charge in [-0.3, -0.25) is 9.59 Å². The molecule has 0 saturated carbocycles. The minimum atomic E-state index is -0.194. The summed E-state index contributed by atoms with van der Waals surface area (Å²) in [4.78, 5) is 26.9. The van der Waals surface area contributed by atoms with E-state index in [1.165, 1.54) is 0 Å². The number of aryl methyl sites for hydroxylation is 1. The van der Waals surface area contributed by atoms with Crippen molar-refractivity contribution in [2.24, 2.45) is 0 Å². The molecule has 4 heteroatoms. The lowest BCUT2D eigenvalue weighted by Crippen LogP contribution is -2.26. The van der Waals surface area contributed by atoms with E-state index in [-0.39, 0.29) is 11.8 Å². The fraction of sp³-hybridized carbons (Fsp3) is 0.130. The maximum absolute atomic E-state index is 12.8. The van der Waals surface area contributed by atoms with Crippen LogP contribution in [0.15, 0.2) is 78.9 Å². The maximum atomic E-state index is 12.8. The second kappa shape index (κ2) is 8.32. The van der Waals surface area contributed by atoms with Gasteiger partial charge in [0.25, 0.3) is 11.8 Å². The molecule has 0 unspecified atom stereocenters. The Balaban J connectivity index is 1.76. The topological polar surface area (TPSA) is 49.4 Å². The van der Waals surface area contributed by atoms with Gasteiger partial charge in [0.2, 0.25) is 0 Å². The Kier molecular flexibility index (Phi) is 5.67. The van der Waals surface area contributed by atoms with E-state index in [9.17, 15) is 9.59 Å². The van der Waals surface area contributed by atoms with Gasteiger partial charge in [-0.1, -0.05) is 54.6 Å². The second-order valence-electron chi connectivity index (χ2n) is 6.50. The van der Waals surface area contributed by atoms with Crippen molar-refractivity contribution in [1.82, 2.24) is 4.90 Å². The van der Waals surface area contributed by atoms with Crippen LogP contribution in [0.1, 0.15) is 31.8 Å². The largest absolute Gasteiger partial charge is 0.337 e. The highest BCUT2D eigenvalue weighted by Crippen LogP contribution is 2.19. The summed E-state index contributed by atoms with van der Waals surface area (Å²) in [6, 6.07) is 24.2. The maximum Gasteiger partial charge on any atom is 0.255 e. The molecule has 4 nitrogen and oxygen atoms in total. The average Bonchev–Trinajstić information content (AvgIpc) is 2.70. The molecule has 2 amide bonds. The summed E-state index contributed by atoms with van der Waals surface area (Å²) in [6.45, 7) is 2.43. The van der Waals surface area contributed by atoms with Gasteiger partial charge in [-0.25, -0.2) is 0 Å². The molecular formula is C23H22N2O2. The lowest BCUT2D eigenvalue weighted by molar-refractivity contribution is 0.0784. The zero-order chi connectivity index (χ0) is 19.2. The van der Waals surface area contributed by atoms with Crippen molar-refractivity contribution >= 4 is 17.5 Å². The van der Waals surface area contributed by atoms with Crippen LogP contribution >= 0.6 is 0 Å². The van der Waals surface area contributed by atoms with Crippen molar-refractivity contribution in [3.8, 4) is 0 Å². The Morgan fingerprint density at radius 3 is 2.15 bits per heavy atom. The Bertz CT molecular complexity index is 937. The first kappa shape index (κ1) is 18.4. The lowest BCUT2D eigenvalue weighted by Gasteiger charge is -2.18. The van der Waals surface area contributed by atoms with Crippen LogP contribution < -0.4 is 5.32 Å². The molecule has 0 aliphatic rings. The summed E-state index contributed by atoms with van der Waals surface area (Å²) in [5.41, 5.74) is 3.74. The molecular weight excluding hydrogens is 336 g/mol. The highest BCUT2D eigenvalue weighted by atomic mass is 16.2. The number of nitrogens with one attached hydrogen (secondary N) is 1. The van der Waals surface area contributed by atoms with E-state index in [0.717, 1.165) is 11.1 Å². The second-order valence-corrected chi connectivity index (χ2v) is 6.50. The molecule has 3 rings (SSSR count). The van der Waals surface area contributed by atoms with Gasteiger partial charge in [0.05, 0.1) is 0 Å². The molecule has 0 aromatic heterocycles. The SMILES string of the molecule is Cc1ccc(C(=O)N(C)Cc2ccccc2)cc1NC(=O)c1ccccc1. The standard InChI is InChI=1S/C23H22N2O2/c1-17-13-14-20(23(27)25(2)16-18-9-5-3-6-10-18)15-21(17)24-22(26)19-11-7-4-8-12-19/h3-15H,16H2,1-2H3,(H,24,26). The summed E-state index contributed by atoms with van der Waals surface area (Å²) in [5.74, 6) is -0.282. The average molecular weight is 358 g/mol. The van der Waals surface area contributed by atoms with Crippen LogP contribution in [-0.4, -0.2) is 23.8 Å². The Morgan fingerprint density at radius 1 is 0.852 bits per heavy atom. The number of hydrogen-bond donors (Lipinski definition) is 1. The van der Waals surface area contributed by atoms with Gasteiger partial charge in [-0.15, -0.1) is 0 Å². The quantitative estimate of drug-likeness (QED) is 0.729. The Hall–Kier alpha value is -3.40. The summed E-state index contributed by atoms with van der Waals surface area (Å²) < 4.78 is 0. The number of benzene rings is 3. The molecule has 3 aromatic rings. The minimum Gasteiger partial charge on any atom is -0.337 e. The van der Waals surface area contributed by atoms with Gasteiger partial charge in [0.15, 0.2) is 0 Å². The third kappa shape index (κ3) is 4.61. The lowest BCUT2D eigenvalue weighted by atomic mass is 10.1. The Morgan fingerprint density at radius 2 is 1.48 bits per heavy atom. The molecule has 0 bridgehead atoms. The van der Waals surface area contributed by atoms with E-state index in [1.54, 1.807) is 36.2 Å². The summed E-state index contributed by atoms with van der Waals surface area (Å²) >= 11 is 0. The van der Waals surface area contributed by atoms with Gasteiger partial charge in [-0.05, 0) is 42.3 Å². The molecule has 0 aliphatic heterocycles. The van der Waals surface area contributed by atoms with Gasteiger partial charge in [0, 0.05) is 30.4 Å². The van der Waals surface area contributed by atoms with Gasteiger partial charge in [-0.2, -0.15) is 0 Å². The fourth-order valence-corrected chi connectivity index (χ4v) is 2.82. The van der Waals surface area contributed by atoms with E-state index in [0.29, 0.717) is 23.4 Å². The number of nitrogens with zero attached hydrogens (tertiary/aromatic N) is 1. The molecule has 27 heavy (non-hydrogen) atoms. The zero-order valence-electron chi connectivity index (χ0n) is 15.5. The number of anilines is 1. The predicted molar refractivity (Wildman–Crippen MR) is 108 cm³/mol. The predicted octanol–water partition coefficient (Wildman–Crippen LogP) is 4.52. The zero-order valence-corrected chi connectivity index (χ0v) is 15.5. The van der Waals surface area contributed by atoms with Crippen LogP contribution in [0, 0.1) is 6.92 Å². The molecule has 1 N–H and O–H groups in total. The van der Waals surface area contributed by atoms with Crippen LogP contribution in [0.3, 0.4) is 0 Å². The molecule has 0 aliphatic carbocycles. The van der Waals surface area contributed by atoms with E-state index >= 15 is 0 Å². The summed E-state index contributed by atoms with van der Waals surface area (Å²) in [6.07, 6.45) is 0. The van der Waals surface area contributed by atoms with Gasteiger partial charge in [0.1, 0.15) is 0 Å².